The van der Waals surface area contributed by atoms with Crippen LogP contribution in [0.25, 0.3) is 0 Å². The van der Waals surface area contributed by atoms with E-state index in [1.165, 1.54) is 19.2 Å². The maximum absolute atomic E-state index is 11.7. The standard InChI is InChI=1S/C14H20N2O5/c1-14(2,3)21-13(19)16-8-5-6-10(20-4)9(7-8)11(15)12(17)18/h5-7,11H,15H2,1-4H3,(H,16,19)(H,17,18). The molecule has 21 heavy (non-hydrogen) atoms. The number of amides is 1. The molecule has 1 rings (SSSR count). The van der Waals surface area contributed by atoms with E-state index in [0.29, 0.717) is 11.4 Å². The summed E-state index contributed by atoms with van der Waals surface area (Å²) in [4.78, 5) is 22.7. The van der Waals surface area contributed by atoms with Gasteiger partial charge in [-0.1, -0.05) is 0 Å². The van der Waals surface area contributed by atoms with Gasteiger partial charge in [-0.15, -0.1) is 0 Å². The van der Waals surface area contributed by atoms with Crippen LogP contribution >= 0.6 is 0 Å². The van der Waals surface area contributed by atoms with Gasteiger partial charge in [-0.2, -0.15) is 0 Å². The number of hydrogen-bond donors (Lipinski definition) is 3. The van der Waals surface area contributed by atoms with E-state index in [2.05, 4.69) is 5.32 Å². The van der Waals surface area contributed by atoms with Crippen LogP contribution in [-0.4, -0.2) is 29.9 Å². The van der Waals surface area contributed by atoms with Gasteiger partial charge in [0.15, 0.2) is 0 Å². The van der Waals surface area contributed by atoms with Crippen molar-refractivity contribution in [3.63, 3.8) is 0 Å². The third-order valence-corrected chi connectivity index (χ3v) is 2.48. The quantitative estimate of drug-likeness (QED) is 0.785. The summed E-state index contributed by atoms with van der Waals surface area (Å²) in [5.41, 5.74) is 5.60. The number of ether oxygens (including phenoxy) is 2. The van der Waals surface area contributed by atoms with Gasteiger partial charge in [0, 0.05) is 11.3 Å². The first-order valence-electron chi connectivity index (χ1n) is 6.30. The molecule has 0 aliphatic rings. The van der Waals surface area contributed by atoms with Crippen molar-refractivity contribution in [2.45, 2.75) is 32.4 Å². The van der Waals surface area contributed by atoms with E-state index in [1.807, 2.05) is 0 Å². The number of nitrogens with two attached hydrogens (primary N) is 1. The minimum Gasteiger partial charge on any atom is -0.496 e. The van der Waals surface area contributed by atoms with E-state index in [-0.39, 0.29) is 5.56 Å². The van der Waals surface area contributed by atoms with Gasteiger partial charge in [0.1, 0.15) is 17.4 Å². The van der Waals surface area contributed by atoms with Crippen LogP contribution in [0.1, 0.15) is 32.4 Å². The lowest BCUT2D eigenvalue weighted by Gasteiger charge is -2.20. The number of carboxylic acids is 1. The number of anilines is 1. The molecule has 7 nitrogen and oxygen atoms in total. The van der Waals surface area contributed by atoms with Crippen molar-refractivity contribution in [3.05, 3.63) is 23.8 Å². The summed E-state index contributed by atoms with van der Waals surface area (Å²) in [5.74, 6) is -0.859. The van der Waals surface area contributed by atoms with Crippen molar-refractivity contribution >= 4 is 17.7 Å². The predicted molar refractivity (Wildman–Crippen MR) is 77.4 cm³/mol. The Kier molecular flexibility index (Phi) is 5.15. The number of hydrogen-bond acceptors (Lipinski definition) is 5. The van der Waals surface area contributed by atoms with Gasteiger partial charge in [-0.05, 0) is 39.0 Å². The van der Waals surface area contributed by atoms with Gasteiger partial charge in [0.05, 0.1) is 7.11 Å². The van der Waals surface area contributed by atoms with E-state index in [4.69, 9.17) is 20.3 Å². The maximum atomic E-state index is 11.7. The van der Waals surface area contributed by atoms with Crippen LogP contribution in [0.4, 0.5) is 10.5 Å². The SMILES string of the molecule is COc1ccc(NC(=O)OC(C)(C)C)cc1C(N)C(=O)O. The van der Waals surface area contributed by atoms with E-state index in [0.717, 1.165) is 0 Å². The number of nitrogens with one attached hydrogen (secondary N) is 1. The minimum absolute atomic E-state index is 0.263. The molecule has 7 heteroatoms. The first kappa shape index (κ1) is 16.8. The van der Waals surface area contributed by atoms with Gasteiger partial charge < -0.3 is 20.3 Å². The lowest BCUT2D eigenvalue weighted by atomic mass is 10.1. The average molecular weight is 296 g/mol. The van der Waals surface area contributed by atoms with Crippen molar-refractivity contribution in [1.29, 1.82) is 0 Å². The summed E-state index contributed by atoms with van der Waals surface area (Å²) < 4.78 is 10.2. The fraction of sp³-hybridized carbons (Fsp3) is 0.429. The summed E-state index contributed by atoms with van der Waals surface area (Å²) in [6.07, 6.45) is -0.637. The van der Waals surface area contributed by atoms with Crippen LogP contribution in [0.15, 0.2) is 18.2 Å². The molecule has 0 spiro atoms. The van der Waals surface area contributed by atoms with Crippen molar-refractivity contribution in [2.24, 2.45) is 5.73 Å². The Labute approximate surface area is 123 Å². The van der Waals surface area contributed by atoms with Crippen LogP contribution in [0.3, 0.4) is 0 Å². The van der Waals surface area contributed by atoms with Crippen LogP contribution < -0.4 is 15.8 Å². The Morgan fingerprint density at radius 3 is 2.43 bits per heavy atom. The molecule has 0 bridgehead atoms. The Hall–Kier alpha value is -2.28. The second-order valence-electron chi connectivity index (χ2n) is 5.40. The fourth-order valence-electron chi connectivity index (χ4n) is 1.61. The third-order valence-electron chi connectivity index (χ3n) is 2.48. The number of methoxy groups -OCH3 is 1. The average Bonchev–Trinajstić information content (AvgIpc) is 2.35. The van der Waals surface area contributed by atoms with Gasteiger partial charge in [-0.3, -0.25) is 10.1 Å². The largest absolute Gasteiger partial charge is 0.496 e. The Morgan fingerprint density at radius 2 is 1.95 bits per heavy atom. The lowest BCUT2D eigenvalue weighted by Crippen LogP contribution is -2.27. The Morgan fingerprint density at radius 1 is 1.33 bits per heavy atom. The van der Waals surface area contributed by atoms with Crippen LogP contribution in [0.5, 0.6) is 5.75 Å². The molecular weight excluding hydrogens is 276 g/mol. The monoisotopic (exact) mass is 296 g/mol. The number of rotatable bonds is 4. The van der Waals surface area contributed by atoms with Crippen LogP contribution in [0.2, 0.25) is 0 Å². The van der Waals surface area contributed by atoms with Gasteiger partial charge >= 0.3 is 12.1 Å². The molecule has 116 valence electrons. The Balaban J connectivity index is 2.98. The second kappa shape index (κ2) is 6.45. The van der Waals surface area contributed by atoms with Crippen molar-refractivity contribution in [1.82, 2.24) is 0 Å². The molecule has 0 saturated heterocycles. The van der Waals surface area contributed by atoms with Crippen molar-refractivity contribution in [3.8, 4) is 5.75 Å². The topological polar surface area (TPSA) is 111 Å². The molecule has 1 aromatic carbocycles. The van der Waals surface area contributed by atoms with E-state index in [1.54, 1.807) is 26.8 Å². The first-order valence-corrected chi connectivity index (χ1v) is 6.30. The molecule has 0 aromatic heterocycles. The summed E-state index contributed by atoms with van der Waals surface area (Å²) >= 11 is 0. The highest BCUT2D eigenvalue weighted by atomic mass is 16.6. The summed E-state index contributed by atoms with van der Waals surface area (Å²) in [6, 6.07) is 3.30. The highest BCUT2D eigenvalue weighted by molar-refractivity contribution is 5.86. The summed E-state index contributed by atoms with van der Waals surface area (Å²) in [7, 11) is 1.41. The smallest absolute Gasteiger partial charge is 0.412 e. The van der Waals surface area contributed by atoms with Crippen molar-refractivity contribution in [2.75, 3.05) is 12.4 Å². The molecule has 0 aliphatic heterocycles. The van der Waals surface area contributed by atoms with Gasteiger partial charge in [-0.25, -0.2) is 4.79 Å². The van der Waals surface area contributed by atoms with Crippen molar-refractivity contribution < 1.29 is 24.2 Å². The molecule has 1 aromatic rings. The normalized spacial score (nSPS) is 12.4. The summed E-state index contributed by atoms with van der Waals surface area (Å²) in [6.45, 7) is 5.23. The highest BCUT2D eigenvalue weighted by Gasteiger charge is 2.21. The number of carbonyl (C=O) groups excluding carboxylic acids is 1. The molecule has 0 saturated carbocycles. The highest BCUT2D eigenvalue weighted by Crippen LogP contribution is 2.27. The van der Waals surface area contributed by atoms with Gasteiger partial charge in [0.25, 0.3) is 0 Å². The lowest BCUT2D eigenvalue weighted by molar-refractivity contribution is -0.138. The third kappa shape index (κ3) is 4.96. The summed E-state index contributed by atoms with van der Waals surface area (Å²) in [5, 5.41) is 11.5. The number of carbonyl (C=O) groups is 2. The number of carboxylic acid groups (broad SMARTS) is 1. The molecule has 1 atom stereocenters. The predicted octanol–water partition coefficient (Wildman–Crippen LogP) is 2.13. The molecule has 0 heterocycles. The van der Waals surface area contributed by atoms with Gasteiger partial charge in [0.2, 0.25) is 0 Å². The molecule has 1 unspecified atom stereocenters. The number of aliphatic carboxylic acids is 1. The zero-order valence-electron chi connectivity index (χ0n) is 12.5. The maximum Gasteiger partial charge on any atom is 0.412 e. The van der Waals surface area contributed by atoms with E-state index < -0.39 is 23.7 Å². The molecule has 0 radical (unpaired) electrons. The second-order valence-corrected chi connectivity index (χ2v) is 5.40. The zero-order chi connectivity index (χ0) is 16.2. The molecule has 1 amide bonds. The zero-order valence-corrected chi connectivity index (χ0v) is 12.5. The van der Waals surface area contributed by atoms with E-state index >= 15 is 0 Å². The molecule has 0 aliphatic carbocycles. The first-order chi connectivity index (χ1) is 9.64. The molecule has 4 N–H and O–H groups in total. The minimum atomic E-state index is -1.25. The molecule has 0 fully saturated rings. The van der Waals surface area contributed by atoms with E-state index in [9.17, 15) is 9.59 Å². The van der Waals surface area contributed by atoms with Crippen LogP contribution in [0, 0.1) is 0 Å². The Bertz CT molecular complexity index is 537. The van der Waals surface area contributed by atoms with Crippen LogP contribution in [-0.2, 0) is 9.53 Å². The molecular formula is C14H20N2O5. The number of benzene rings is 1. The fourth-order valence-corrected chi connectivity index (χ4v) is 1.61.